The third kappa shape index (κ3) is 6.15. The van der Waals surface area contributed by atoms with Gasteiger partial charge in [0.15, 0.2) is 0 Å². The number of anilines is 1. The molecule has 3 aromatic rings. The minimum atomic E-state index is -0.491. The second kappa shape index (κ2) is 11.1. The smallest absolute Gasteiger partial charge is 0.250 e. The number of rotatable bonds is 8. The molecule has 1 heterocycles. The number of nitriles is 1. The van der Waals surface area contributed by atoms with Crippen LogP contribution in [0.2, 0.25) is 0 Å². The molecule has 6 heteroatoms. The van der Waals surface area contributed by atoms with Crippen molar-refractivity contribution in [2.24, 2.45) is 5.92 Å². The molecule has 184 valence electrons. The molecule has 5 nitrogen and oxygen atoms in total. The molecule has 1 saturated heterocycles. The van der Waals surface area contributed by atoms with Crippen LogP contribution in [0, 0.1) is 20.8 Å². The first-order valence-electron chi connectivity index (χ1n) is 12.6. The SMILES string of the molecule is N#Cc1cccc(-c2ccc(C3(OCC(=O)Nc4cccc(I)c4)CCN(CC4CC4)CC3)cc2)c1. The maximum atomic E-state index is 12.8. The zero-order valence-electron chi connectivity index (χ0n) is 20.3. The molecule has 1 amide bonds. The second-order valence-electron chi connectivity index (χ2n) is 9.86. The van der Waals surface area contributed by atoms with Gasteiger partial charge in [0.1, 0.15) is 6.61 Å². The van der Waals surface area contributed by atoms with Gasteiger partial charge >= 0.3 is 0 Å². The topological polar surface area (TPSA) is 65.4 Å². The van der Waals surface area contributed by atoms with Crippen LogP contribution in [-0.2, 0) is 15.1 Å². The zero-order chi connectivity index (χ0) is 25.0. The lowest BCUT2D eigenvalue weighted by Crippen LogP contribution is -2.45. The van der Waals surface area contributed by atoms with Crippen molar-refractivity contribution in [1.82, 2.24) is 4.90 Å². The number of hydrogen-bond acceptors (Lipinski definition) is 4. The summed E-state index contributed by atoms with van der Waals surface area (Å²) in [5.74, 6) is 0.725. The Kier molecular flexibility index (Phi) is 7.70. The van der Waals surface area contributed by atoms with Crippen LogP contribution < -0.4 is 5.32 Å². The van der Waals surface area contributed by atoms with E-state index in [1.165, 1.54) is 19.4 Å². The molecule has 0 unspecified atom stereocenters. The molecule has 36 heavy (non-hydrogen) atoms. The van der Waals surface area contributed by atoms with E-state index in [2.05, 4.69) is 63.1 Å². The molecule has 3 aromatic carbocycles. The number of hydrogen-bond donors (Lipinski definition) is 1. The molecule has 2 aliphatic rings. The molecule has 0 radical (unpaired) electrons. The lowest BCUT2D eigenvalue weighted by molar-refractivity contribution is -0.134. The van der Waals surface area contributed by atoms with Crippen molar-refractivity contribution < 1.29 is 9.53 Å². The van der Waals surface area contributed by atoms with Gasteiger partial charge < -0.3 is 15.0 Å². The van der Waals surface area contributed by atoms with Crippen LogP contribution in [0.4, 0.5) is 5.69 Å². The summed E-state index contributed by atoms with van der Waals surface area (Å²) in [7, 11) is 0. The summed E-state index contributed by atoms with van der Waals surface area (Å²) < 4.78 is 7.56. The molecule has 0 spiro atoms. The normalized spacial score (nSPS) is 17.3. The van der Waals surface area contributed by atoms with Crippen molar-refractivity contribution in [3.05, 3.63) is 87.5 Å². The van der Waals surface area contributed by atoms with Gasteiger partial charge in [0, 0.05) is 28.9 Å². The fourth-order valence-electron chi connectivity index (χ4n) is 4.98. The van der Waals surface area contributed by atoms with Gasteiger partial charge in [0.2, 0.25) is 5.91 Å². The highest BCUT2D eigenvalue weighted by Crippen LogP contribution is 2.39. The van der Waals surface area contributed by atoms with Gasteiger partial charge in [-0.2, -0.15) is 5.26 Å². The number of nitrogens with zero attached hydrogens (tertiary/aromatic N) is 2. The van der Waals surface area contributed by atoms with Crippen molar-refractivity contribution >= 4 is 34.2 Å². The van der Waals surface area contributed by atoms with Crippen molar-refractivity contribution in [3.63, 3.8) is 0 Å². The van der Waals surface area contributed by atoms with Crippen molar-refractivity contribution in [2.75, 3.05) is 31.6 Å². The van der Waals surface area contributed by atoms with Gasteiger partial charge in [0.05, 0.1) is 17.2 Å². The van der Waals surface area contributed by atoms with Crippen molar-refractivity contribution in [3.8, 4) is 17.2 Å². The maximum Gasteiger partial charge on any atom is 0.250 e. The van der Waals surface area contributed by atoms with E-state index in [4.69, 9.17) is 4.74 Å². The molecular weight excluding hydrogens is 561 g/mol. The maximum absolute atomic E-state index is 12.8. The Hall–Kier alpha value is -2.73. The van der Waals surface area contributed by atoms with Crippen LogP contribution in [0.1, 0.15) is 36.8 Å². The highest BCUT2D eigenvalue weighted by atomic mass is 127. The lowest BCUT2D eigenvalue weighted by Gasteiger charge is -2.42. The van der Waals surface area contributed by atoms with Gasteiger partial charge in [-0.05, 0) is 101 Å². The van der Waals surface area contributed by atoms with E-state index in [0.29, 0.717) is 5.56 Å². The van der Waals surface area contributed by atoms with Gasteiger partial charge in [-0.1, -0.05) is 42.5 Å². The molecule has 0 atom stereocenters. The lowest BCUT2D eigenvalue weighted by atomic mass is 9.83. The standard InChI is InChI=1S/C30H30IN3O2/c31-27-5-2-6-28(18-27)33-29(35)21-36-30(13-15-34(16-14-30)20-22-7-8-22)26-11-9-24(10-12-26)25-4-1-3-23(17-25)19-32/h1-6,9-12,17-18,22H,7-8,13-16,20-21H2,(H,33,35). The number of carbonyl (C=O) groups is 1. The van der Waals surface area contributed by atoms with E-state index in [1.807, 2.05) is 48.5 Å². The van der Waals surface area contributed by atoms with Crippen LogP contribution >= 0.6 is 22.6 Å². The number of nitrogens with one attached hydrogen (secondary N) is 1. The Labute approximate surface area is 226 Å². The van der Waals surface area contributed by atoms with Gasteiger partial charge in [0.25, 0.3) is 0 Å². The fourth-order valence-corrected chi connectivity index (χ4v) is 5.52. The molecule has 1 N–H and O–H groups in total. The highest BCUT2D eigenvalue weighted by molar-refractivity contribution is 14.1. The van der Waals surface area contributed by atoms with Gasteiger partial charge in [-0.25, -0.2) is 0 Å². The Morgan fingerprint density at radius 3 is 2.47 bits per heavy atom. The van der Waals surface area contributed by atoms with Crippen LogP contribution in [0.5, 0.6) is 0 Å². The Balaban J connectivity index is 1.32. The number of piperidine rings is 1. The summed E-state index contributed by atoms with van der Waals surface area (Å²) in [6.07, 6.45) is 4.43. The van der Waals surface area contributed by atoms with Crippen LogP contribution in [0.25, 0.3) is 11.1 Å². The first-order chi connectivity index (χ1) is 17.5. The Bertz CT molecular complexity index is 1260. The minimum absolute atomic E-state index is 0.0140. The molecule has 1 aliphatic heterocycles. The van der Waals surface area contributed by atoms with Gasteiger partial charge in [-0.15, -0.1) is 0 Å². The van der Waals surface area contributed by atoms with Crippen LogP contribution in [0.15, 0.2) is 72.8 Å². The van der Waals surface area contributed by atoms with Crippen LogP contribution in [-0.4, -0.2) is 37.0 Å². The fraction of sp³-hybridized carbons (Fsp3) is 0.333. The van der Waals surface area contributed by atoms with Crippen molar-refractivity contribution in [2.45, 2.75) is 31.3 Å². The molecule has 1 aliphatic carbocycles. The highest BCUT2D eigenvalue weighted by Gasteiger charge is 2.39. The summed E-state index contributed by atoms with van der Waals surface area (Å²) in [5, 5.41) is 12.2. The number of halogens is 1. The summed E-state index contributed by atoms with van der Waals surface area (Å²) in [6, 6.07) is 26.1. The predicted molar refractivity (Wildman–Crippen MR) is 150 cm³/mol. The van der Waals surface area contributed by atoms with E-state index >= 15 is 0 Å². The Morgan fingerprint density at radius 1 is 1.03 bits per heavy atom. The summed E-state index contributed by atoms with van der Waals surface area (Å²) in [5.41, 5.74) is 4.14. The largest absolute Gasteiger partial charge is 0.360 e. The number of ether oxygens (including phenoxy) is 1. The third-order valence-electron chi connectivity index (χ3n) is 7.20. The van der Waals surface area contributed by atoms with E-state index < -0.39 is 5.60 Å². The molecule has 0 bridgehead atoms. The molecular formula is C30H30IN3O2. The van der Waals surface area contributed by atoms with E-state index in [0.717, 1.165) is 57.8 Å². The molecule has 1 saturated carbocycles. The van der Waals surface area contributed by atoms with Crippen LogP contribution in [0.3, 0.4) is 0 Å². The zero-order valence-corrected chi connectivity index (χ0v) is 22.4. The number of amides is 1. The Morgan fingerprint density at radius 2 is 1.78 bits per heavy atom. The average Bonchev–Trinajstić information content (AvgIpc) is 3.73. The van der Waals surface area contributed by atoms with Gasteiger partial charge in [-0.3, -0.25) is 4.79 Å². The predicted octanol–water partition coefficient (Wildman–Crippen LogP) is 6.19. The number of benzene rings is 3. The molecule has 0 aromatic heterocycles. The number of likely N-dealkylation sites (tertiary alicyclic amines) is 1. The third-order valence-corrected chi connectivity index (χ3v) is 7.87. The van der Waals surface area contributed by atoms with E-state index in [1.54, 1.807) is 0 Å². The van der Waals surface area contributed by atoms with E-state index in [9.17, 15) is 10.1 Å². The quantitative estimate of drug-likeness (QED) is 0.318. The summed E-state index contributed by atoms with van der Waals surface area (Å²) in [4.78, 5) is 15.3. The molecule has 2 fully saturated rings. The number of carbonyl (C=O) groups excluding carboxylic acids is 1. The summed E-state index contributed by atoms with van der Waals surface area (Å²) >= 11 is 2.24. The average molecular weight is 591 g/mol. The summed E-state index contributed by atoms with van der Waals surface area (Å²) in [6.45, 7) is 3.14. The van der Waals surface area contributed by atoms with Crippen molar-refractivity contribution in [1.29, 1.82) is 5.26 Å². The second-order valence-corrected chi connectivity index (χ2v) is 11.1. The minimum Gasteiger partial charge on any atom is -0.360 e. The first kappa shape index (κ1) is 24.9. The monoisotopic (exact) mass is 591 g/mol. The van der Waals surface area contributed by atoms with E-state index in [-0.39, 0.29) is 12.5 Å². The molecule has 5 rings (SSSR count). The first-order valence-corrected chi connectivity index (χ1v) is 13.6.